The highest BCUT2D eigenvalue weighted by molar-refractivity contribution is 8.00. The van der Waals surface area contributed by atoms with Crippen molar-refractivity contribution in [3.05, 3.63) is 108 Å². The Morgan fingerprint density at radius 2 is 1.73 bits per heavy atom. The third-order valence-corrected chi connectivity index (χ3v) is 9.61. The number of thioether (sulfide) groups is 1. The van der Waals surface area contributed by atoms with Gasteiger partial charge in [0.2, 0.25) is 11.8 Å². The molecule has 1 fully saturated rings. The number of benzene rings is 3. The maximum Gasteiger partial charge on any atom is 0.305 e. The molecule has 0 spiro atoms. The number of amides is 2. The van der Waals surface area contributed by atoms with Crippen LogP contribution in [0.2, 0.25) is 0 Å². The maximum atomic E-state index is 14.0. The van der Waals surface area contributed by atoms with Crippen LogP contribution in [0.5, 0.6) is 11.5 Å². The summed E-state index contributed by atoms with van der Waals surface area (Å²) in [5.74, 6) is -1.72. The number of anilines is 1. The van der Waals surface area contributed by atoms with Gasteiger partial charge in [-0.2, -0.15) is 0 Å². The van der Waals surface area contributed by atoms with Crippen molar-refractivity contribution in [2.75, 3.05) is 12.0 Å². The van der Waals surface area contributed by atoms with E-state index >= 15 is 0 Å². The Labute approximate surface area is 242 Å². The number of carbonyl (C=O) groups is 2. The van der Waals surface area contributed by atoms with E-state index < -0.39 is 33.8 Å². The highest BCUT2D eigenvalue weighted by Crippen LogP contribution is 2.55. The van der Waals surface area contributed by atoms with E-state index in [0.717, 1.165) is 39.1 Å². The second-order valence-corrected chi connectivity index (χ2v) is 11.9. The summed E-state index contributed by atoms with van der Waals surface area (Å²) in [5.41, 5.74) is 2.56. The Morgan fingerprint density at radius 3 is 2.41 bits per heavy atom. The number of nitro benzene ring substituents is 1. The number of nitro groups is 1. The number of H-pyrrole nitrogens is 1. The Balaban J connectivity index is 1.46. The van der Waals surface area contributed by atoms with Gasteiger partial charge in [0.25, 0.3) is 5.69 Å². The molecule has 2 aliphatic rings. The van der Waals surface area contributed by atoms with Gasteiger partial charge >= 0.3 is 4.87 Å². The molecule has 2 amide bonds. The normalized spacial score (nSPS) is 19.6. The highest BCUT2D eigenvalue weighted by atomic mass is 32.2. The number of hydrogen-bond donors (Lipinski definition) is 1. The average Bonchev–Trinajstić information content (AvgIpc) is 3.46. The fourth-order valence-electron chi connectivity index (χ4n) is 5.21. The van der Waals surface area contributed by atoms with E-state index in [1.54, 1.807) is 24.3 Å². The number of rotatable bonds is 7. The van der Waals surface area contributed by atoms with Crippen LogP contribution < -0.4 is 19.2 Å². The highest BCUT2D eigenvalue weighted by Gasteiger charge is 2.57. The van der Waals surface area contributed by atoms with E-state index in [1.807, 2.05) is 31.2 Å². The number of carbonyl (C=O) groups excluding carboxylic acids is 2. The summed E-state index contributed by atoms with van der Waals surface area (Å²) >= 11 is 2.07. The summed E-state index contributed by atoms with van der Waals surface area (Å²) in [6, 6.07) is 18.6. The number of nitrogens with one attached hydrogen (secondary N) is 1. The molecule has 2 aliphatic heterocycles. The first kappa shape index (κ1) is 26.8. The molecule has 3 atom stereocenters. The standard InChI is InChI=1S/C29H23N3O7S2/c1-15-3-5-16(6-4-15)14-39-21-12-9-18(32(36)37)13-20(21)22-23-25(40-26-24(22)41-29(35)30-26)28(34)31(27(23)33)17-7-10-19(38-2)11-8-17/h3-13,22-23,25H,14H2,1-2H3,(H,30,35)/t22-,23?,25?/m1/s1. The molecule has 3 heterocycles. The monoisotopic (exact) mass is 589 g/mol. The Kier molecular flexibility index (Phi) is 6.88. The zero-order valence-electron chi connectivity index (χ0n) is 21.9. The van der Waals surface area contributed by atoms with Crippen LogP contribution in [0.4, 0.5) is 11.4 Å². The first-order chi connectivity index (χ1) is 19.7. The van der Waals surface area contributed by atoms with E-state index in [4.69, 9.17) is 9.47 Å². The molecular formula is C29H23N3O7S2. The van der Waals surface area contributed by atoms with Gasteiger partial charge < -0.3 is 14.5 Å². The van der Waals surface area contributed by atoms with E-state index in [2.05, 4.69) is 4.98 Å². The van der Waals surface area contributed by atoms with Crippen molar-refractivity contribution in [1.29, 1.82) is 0 Å². The topological polar surface area (TPSA) is 132 Å². The molecule has 0 bridgehead atoms. The van der Waals surface area contributed by atoms with Gasteiger partial charge in [0, 0.05) is 28.5 Å². The molecule has 41 heavy (non-hydrogen) atoms. The fourth-order valence-corrected chi connectivity index (χ4v) is 7.71. The molecule has 1 N–H and O–H groups in total. The number of non-ortho nitro benzene ring substituents is 1. The largest absolute Gasteiger partial charge is 0.497 e. The SMILES string of the molecule is COc1ccc(N2C(=O)C3Sc4[nH]c(=O)sc4[C@H](c4cc([N+](=O)[O-])ccc4OCc4ccc(C)cc4)C3C2=O)cc1. The van der Waals surface area contributed by atoms with Crippen molar-refractivity contribution in [2.45, 2.75) is 29.7 Å². The Bertz CT molecular complexity index is 1730. The number of hydrogen-bond acceptors (Lipinski definition) is 9. The van der Waals surface area contributed by atoms with Gasteiger partial charge in [0.05, 0.1) is 28.7 Å². The van der Waals surface area contributed by atoms with Crippen LogP contribution in [-0.2, 0) is 16.2 Å². The second-order valence-electron chi connectivity index (χ2n) is 9.71. The molecule has 1 saturated heterocycles. The van der Waals surface area contributed by atoms with E-state index in [1.165, 1.54) is 25.3 Å². The maximum absolute atomic E-state index is 14.0. The molecular weight excluding hydrogens is 566 g/mol. The number of thiazole rings is 1. The zero-order chi connectivity index (χ0) is 28.8. The second kappa shape index (κ2) is 10.5. The summed E-state index contributed by atoms with van der Waals surface area (Å²) in [7, 11) is 1.52. The molecule has 0 aliphatic carbocycles. The Hall–Kier alpha value is -4.42. The quantitative estimate of drug-likeness (QED) is 0.180. The van der Waals surface area contributed by atoms with Crippen LogP contribution in [0.25, 0.3) is 0 Å². The fraction of sp³-hybridized carbons (Fsp3) is 0.207. The van der Waals surface area contributed by atoms with Crippen LogP contribution in [0.15, 0.2) is 76.6 Å². The number of fused-ring (bicyclic) bond motifs is 2. The summed E-state index contributed by atoms with van der Waals surface area (Å²) < 4.78 is 11.4. The third kappa shape index (κ3) is 4.78. The van der Waals surface area contributed by atoms with Crippen LogP contribution in [0.1, 0.15) is 27.5 Å². The summed E-state index contributed by atoms with van der Waals surface area (Å²) in [6.45, 7) is 2.16. The van der Waals surface area contributed by atoms with Gasteiger partial charge in [-0.05, 0) is 42.8 Å². The van der Waals surface area contributed by atoms with Crippen molar-refractivity contribution in [3.63, 3.8) is 0 Å². The number of aromatic amines is 1. The van der Waals surface area contributed by atoms with Gasteiger partial charge in [-0.1, -0.05) is 52.9 Å². The minimum Gasteiger partial charge on any atom is -0.497 e. The smallest absolute Gasteiger partial charge is 0.305 e. The van der Waals surface area contributed by atoms with Crippen molar-refractivity contribution < 1.29 is 24.0 Å². The lowest BCUT2D eigenvalue weighted by Crippen LogP contribution is -2.32. The number of methoxy groups -OCH3 is 1. The van der Waals surface area contributed by atoms with Gasteiger partial charge in [-0.25, -0.2) is 4.90 Å². The first-order valence-corrected chi connectivity index (χ1v) is 14.3. The Morgan fingerprint density at radius 1 is 1.00 bits per heavy atom. The molecule has 208 valence electrons. The molecule has 3 aromatic carbocycles. The number of aryl methyl sites for hydroxylation is 1. The lowest BCUT2D eigenvalue weighted by molar-refractivity contribution is -0.385. The molecule has 2 unspecified atom stereocenters. The first-order valence-electron chi connectivity index (χ1n) is 12.6. The summed E-state index contributed by atoms with van der Waals surface area (Å²) in [6.07, 6.45) is 0. The summed E-state index contributed by atoms with van der Waals surface area (Å²) in [5, 5.41) is 11.4. The van der Waals surface area contributed by atoms with Gasteiger partial charge in [0.15, 0.2) is 0 Å². The molecule has 0 radical (unpaired) electrons. The van der Waals surface area contributed by atoms with Gasteiger partial charge in [-0.15, -0.1) is 0 Å². The zero-order valence-corrected chi connectivity index (χ0v) is 23.5. The van der Waals surface area contributed by atoms with Crippen molar-refractivity contribution in [3.8, 4) is 11.5 Å². The molecule has 10 nitrogen and oxygen atoms in total. The van der Waals surface area contributed by atoms with Crippen LogP contribution in [-0.4, -0.2) is 34.1 Å². The van der Waals surface area contributed by atoms with Gasteiger partial charge in [0.1, 0.15) is 23.4 Å². The molecule has 6 rings (SSSR count). The number of imide groups is 1. The number of ether oxygens (including phenoxy) is 2. The van der Waals surface area contributed by atoms with E-state index in [9.17, 15) is 24.5 Å². The average molecular weight is 590 g/mol. The minimum absolute atomic E-state index is 0.182. The number of nitrogens with zero attached hydrogens (tertiary/aromatic N) is 2. The summed E-state index contributed by atoms with van der Waals surface area (Å²) in [4.78, 5) is 55.7. The van der Waals surface area contributed by atoms with Crippen LogP contribution in [0, 0.1) is 23.0 Å². The predicted octanol–water partition coefficient (Wildman–Crippen LogP) is 5.04. The van der Waals surface area contributed by atoms with Crippen molar-refractivity contribution >= 4 is 46.3 Å². The minimum atomic E-state index is -0.919. The van der Waals surface area contributed by atoms with Crippen molar-refractivity contribution in [2.24, 2.45) is 5.92 Å². The molecule has 0 saturated carbocycles. The lowest BCUT2D eigenvalue weighted by atomic mass is 9.82. The molecule has 1 aromatic heterocycles. The number of aromatic nitrogens is 1. The van der Waals surface area contributed by atoms with Gasteiger partial charge in [-0.3, -0.25) is 24.5 Å². The van der Waals surface area contributed by atoms with Crippen LogP contribution >= 0.6 is 23.1 Å². The third-order valence-electron chi connectivity index (χ3n) is 7.21. The molecule has 12 heteroatoms. The predicted molar refractivity (Wildman–Crippen MR) is 154 cm³/mol. The van der Waals surface area contributed by atoms with E-state index in [0.29, 0.717) is 32.7 Å². The lowest BCUT2D eigenvalue weighted by Gasteiger charge is -2.30. The molecule has 4 aromatic rings. The van der Waals surface area contributed by atoms with Crippen molar-refractivity contribution in [1.82, 2.24) is 4.98 Å². The van der Waals surface area contributed by atoms with E-state index in [-0.39, 0.29) is 17.2 Å². The van der Waals surface area contributed by atoms with Crippen LogP contribution in [0.3, 0.4) is 0 Å².